The van der Waals surface area contributed by atoms with Crippen LogP contribution >= 0.6 is 0 Å². The molecule has 1 aromatic rings. The minimum atomic E-state index is -0.216. The van der Waals surface area contributed by atoms with Crippen molar-refractivity contribution in [2.24, 2.45) is 0 Å². The first kappa shape index (κ1) is 12.1. The summed E-state index contributed by atoms with van der Waals surface area (Å²) in [5.41, 5.74) is 1.82. The zero-order valence-corrected chi connectivity index (χ0v) is 9.27. The molecule has 0 aliphatic carbocycles. The summed E-state index contributed by atoms with van der Waals surface area (Å²) < 4.78 is 4.80. The Kier molecular flexibility index (Phi) is 4.88. The van der Waals surface area contributed by atoms with Crippen molar-refractivity contribution in [1.29, 1.82) is 0 Å². The summed E-state index contributed by atoms with van der Waals surface area (Å²) in [4.78, 5) is 11.1. The van der Waals surface area contributed by atoms with Gasteiger partial charge in [0.05, 0.1) is 13.0 Å². The van der Waals surface area contributed by atoms with Crippen LogP contribution in [-0.2, 0) is 9.53 Å². The fraction of sp³-hybridized carbons (Fsp3) is 0.214. The quantitative estimate of drug-likeness (QED) is 0.569. The number of hydrogen-bond donors (Lipinski definition) is 0. The second-order valence-corrected chi connectivity index (χ2v) is 3.18. The molecule has 0 saturated heterocycles. The molecule has 1 aromatic carbocycles. The van der Waals surface area contributed by atoms with Gasteiger partial charge in [0.15, 0.2) is 0 Å². The Morgan fingerprint density at radius 1 is 1.56 bits per heavy atom. The first-order chi connectivity index (χ1) is 7.76. The van der Waals surface area contributed by atoms with Crippen molar-refractivity contribution < 1.29 is 9.53 Å². The number of esters is 1. The predicted octanol–water partition coefficient (Wildman–Crippen LogP) is 2.63. The lowest BCUT2D eigenvalue weighted by molar-refractivity contribution is -0.142. The first-order valence-electron chi connectivity index (χ1n) is 5.15. The van der Waals surface area contributed by atoms with Crippen molar-refractivity contribution in [3.8, 4) is 12.3 Å². The third-order valence-electron chi connectivity index (χ3n) is 1.95. The van der Waals surface area contributed by atoms with Crippen molar-refractivity contribution in [3.63, 3.8) is 0 Å². The summed E-state index contributed by atoms with van der Waals surface area (Å²) in [5, 5.41) is 0. The highest BCUT2D eigenvalue weighted by Gasteiger charge is 1.96. The largest absolute Gasteiger partial charge is 0.466 e. The average molecular weight is 214 g/mol. The molecule has 16 heavy (non-hydrogen) atoms. The molecule has 0 N–H and O–H groups in total. The summed E-state index contributed by atoms with van der Waals surface area (Å²) >= 11 is 0. The SMILES string of the molecule is C#Cc1cccc(C=CCC(=O)OCC)c1. The topological polar surface area (TPSA) is 26.3 Å². The molecule has 0 atom stereocenters. The lowest BCUT2D eigenvalue weighted by Gasteiger charge is -1.97. The third kappa shape index (κ3) is 4.02. The van der Waals surface area contributed by atoms with Crippen LogP contribution in [0.4, 0.5) is 0 Å². The summed E-state index contributed by atoms with van der Waals surface area (Å²) in [5.74, 6) is 2.35. The second kappa shape index (κ2) is 6.47. The summed E-state index contributed by atoms with van der Waals surface area (Å²) in [6.45, 7) is 2.21. The zero-order valence-electron chi connectivity index (χ0n) is 9.27. The maximum Gasteiger partial charge on any atom is 0.309 e. The summed E-state index contributed by atoms with van der Waals surface area (Å²) in [6.07, 6.45) is 9.20. The van der Waals surface area contributed by atoms with Crippen LogP contribution < -0.4 is 0 Å². The Morgan fingerprint density at radius 3 is 3.06 bits per heavy atom. The van der Waals surface area contributed by atoms with Gasteiger partial charge in [0.2, 0.25) is 0 Å². The van der Waals surface area contributed by atoms with Gasteiger partial charge >= 0.3 is 5.97 Å². The predicted molar refractivity (Wildman–Crippen MR) is 64.7 cm³/mol. The van der Waals surface area contributed by atoms with E-state index in [1.165, 1.54) is 0 Å². The van der Waals surface area contributed by atoms with Gasteiger partial charge in [-0.15, -0.1) is 6.42 Å². The van der Waals surface area contributed by atoms with Gasteiger partial charge < -0.3 is 4.74 Å². The number of terminal acetylenes is 1. The normalized spacial score (nSPS) is 10.0. The van der Waals surface area contributed by atoms with E-state index in [4.69, 9.17) is 11.2 Å². The molecule has 0 aromatic heterocycles. The highest BCUT2D eigenvalue weighted by molar-refractivity contribution is 5.72. The maximum absolute atomic E-state index is 11.1. The van der Waals surface area contributed by atoms with Crippen molar-refractivity contribution in [1.82, 2.24) is 0 Å². The van der Waals surface area contributed by atoms with Crippen LogP contribution in [0.3, 0.4) is 0 Å². The maximum atomic E-state index is 11.1. The van der Waals surface area contributed by atoms with Crippen molar-refractivity contribution >= 4 is 12.0 Å². The van der Waals surface area contributed by atoms with Crippen molar-refractivity contribution in [2.45, 2.75) is 13.3 Å². The molecule has 0 amide bonds. The second-order valence-electron chi connectivity index (χ2n) is 3.18. The highest BCUT2D eigenvalue weighted by Crippen LogP contribution is 2.06. The van der Waals surface area contributed by atoms with Crippen LogP contribution in [0.25, 0.3) is 6.08 Å². The van der Waals surface area contributed by atoms with Gasteiger partial charge in [-0.05, 0) is 24.6 Å². The fourth-order valence-electron chi connectivity index (χ4n) is 1.24. The molecule has 2 heteroatoms. The molecule has 82 valence electrons. The average Bonchev–Trinajstić information content (AvgIpc) is 2.30. The van der Waals surface area contributed by atoms with Gasteiger partial charge in [0, 0.05) is 5.56 Å². The Hall–Kier alpha value is -2.01. The van der Waals surface area contributed by atoms with Gasteiger partial charge in [0.25, 0.3) is 0 Å². The molecule has 0 fully saturated rings. The smallest absolute Gasteiger partial charge is 0.309 e. The molecule has 0 aliphatic heterocycles. The van der Waals surface area contributed by atoms with Gasteiger partial charge in [-0.2, -0.15) is 0 Å². The van der Waals surface area contributed by atoms with E-state index in [1.54, 1.807) is 13.0 Å². The van der Waals surface area contributed by atoms with Crippen molar-refractivity contribution in [3.05, 3.63) is 41.5 Å². The molecular formula is C14H14O2. The van der Waals surface area contributed by atoms with Crippen molar-refractivity contribution in [2.75, 3.05) is 6.61 Å². The van der Waals surface area contributed by atoms with E-state index >= 15 is 0 Å². The molecule has 0 unspecified atom stereocenters. The third-order valence-corrected chi connectivity index (χ3v) is 1.95. The molecule has 0 aliphatic rings. The van der Waals surface area contributed by atoms with Gasteiger partial charge in [-0.1, -0.05) is 30.2 Å². The Morgan fingerprint density at radius 2 is 2.38 bits per heavy atom. The molecule has 2 nitrogen and oxygen atoms in total. The monoisotopic (exact) mass is 214 g/mol. The summed E-state index contributed by atoms with van der Waals surface area (Å²) in [7, 11) is 0. The van der Waals surface area contributed by atoms with Crippen LogP contribution in [0.1, 0.15) is 24.5 Å². The number of rotatable bonds is 4. The standard InChI is InChI=1S/C14H14O2/c1-3-12-7-5-8-13(11-12)9-6-10-14(15)16-4-2/h1,5-9,11H,4,10H2,2H3. The molecule has 1 rings (SSSR count). The Bertz CT molecular complexity index is 425. The van der Waals surface area contributed by atoms with Crippen LogP contribution in [0.5, 0.6) is 0 Å². The number of carbonyl (C=O) groups is 1. The molecular weight excluding hydrogens is 200 g/mol. The van der Waals surface area contributed by atoms with Crippen LogP contribution in [0, 0.1) is 12.3 Å². The molecule has 0 heterocycles. The van der Waals surface area contributed by atoms with Gasteiger partial charge in [0.1, 0.15) is 0 Å². The Labute approximate surface area is 95.9 Å². The number of benzene rings is 1. The molecule has 0 spiro atoms. The van der Waals surface area contributed by atoms with Gasteiger partial charge in [-0.3, -0.25) is 4.79 Å². The highest BCUT2D eigenvalue weighted by atomic mass is 16.5. The number of ether oxygens (including phenoxy) is 1. The van der Waals surface area contributed by atoms with E-state index in [-0.39, 0.29) is 12.4 Å². The molecule has 0 saturated carbocycles. The minimum absolute atomic E-state index is 0.216. The summed E-state index contributed by atoms with van der Waals surface area (Å²) in [6, 6.07) is 7.58. The molecule has 0 radical (unpaired) electrons. The van der Waals surface area contributed by atoms with Gasteiger partial charge in [-0.25, -0.2) is 0 Å². The molecule has 0 bridgehead atoms. The van der Waals surface area contributed by atoms with Crippen LogP contribution in [0.15, 0.2) is 30.3 Å². The van der Waals surface area contributed by atoms with Crippen LogP contribution in [-0.4, -0.2) is 12.6 Å². The Balaban J connectivity index is 2.56. The van der Waals surface area contributed by atoms with E-state index in [0.29, 0.717) is 6.61 Å². The first-order valence-corrected chi connectivity index (χ1v) is 5.15. The lowest BCUT2D eigenvalue weighted by atomic mass is 10.1. The van der Waals surface area contributed by atoms with E-state index in [1.807, 2.05) is 30.3 Å². The van der Waals surface area contributed by atoms with E-state index in [2.05, 4.69) is 5.92 Å². The van der Waals surface area contributed by atoms with E-state index in [0.717, 1.165) is 11.1 Å². The lowest BCUT2D eigenvalue weighted by Crippen LogP contribution is -2.01. The van der Waals surface area contributed by atoms with E-state index in [9.17, 15) is 4.79 Å². The van der Waals surface area contributed by atoms with Crippen LogP contribution in [0.2, 0.25) is 0 Å². The zero-order chi connectivity index (χ0) is 11.8. The number of carbonyl (C=O) groups excluding carboxylic acids is 1. The fourth-order valence-corrected chi connectivity index (χ4v) is 1.24. The minimum Gasteiger partial charge on any atom is -0.466 e. The van der Waals surface area contributed by atoms with E-state index < -0.39 is 0 Å². The number of hydrogen-bond acceptors (Lipinski definition) is 2.